The molecule has 0 spiro atoms. The van der Waals surface area contributed by atoms with E-state index in [0.717, 1.165) is 6.42 Å². The van der Waals surface area contributed by atoms with Gasteiger partial charge in [0.1, 0.15) is 0 Å². The fraction of sp³-hybridized carbons (Fsp3) is 0.800. The minimum absolute atomic E-state index is 0.416. The van der Waals surface area contributed by atoms with Gasteiger partial charge >= 0.3 is 12.1 Å². The lowest BCUT2D eigenvalue weighted by Gasteiger charge is -1.95. The normalized spacial score (nSPS) is 11.5. The number of halogens is 3. The van der Waals surface area contributed by atoms with Gasteiger partial charge in [0.05, 0.1) is 0 Å². The largest absolute Gasteiger partial charge is 0.490 e. The Morgan fingerprint density at radius 1 is 1.47 bits per heavy atom. The Morgan fingerprint density at radius 2 is 1.80 bits per heavy atom. The van der Waals surface area contributed by atoms with Crippen molar-refractivity contribution in [2.24, 2.45) is 5.14 Å². The number of rotatable bonds is 3. The smallest absolute Gasteiger partial charge is 0.475 e. The highest BCUT2D eigenvalue weighted by Crippen LogP contribution is 2.13. The van der Waals surface area contributed by atoms with Crippen molar-refractivity contribution in [2.45, 2.75) is 19.5 Å². The number of nitrogens with one attached hydrogen (secondary N) is 1. The molecule has 92 valence electrons. The molecule has 0 radical (unpaired) electrons. The maximum absolute atomic E-state index is 10.6. The molecular weight excluding hydrogens is 241 g/mol. The summed E-state index contributed by atoms with van der Waals surface area (Å²) in [6.45, 7) is 2.27. The molecule has 0 rings (SSSR count). The van der Waals surface area contributed by atoms with E-state index in [9.17, 15) is 21.6 Å². The second-order valence-electron chi connectivity index (χ2n) is 2.24. The summed E-state index contributed by atoms with van der Waals surface area (Å²) >= 11 is 0. The predicted molar refractivity (Wildman–Crippen MR) is 45.1 cm³/mol. The van der Waals surface area contributed by atoms with Crippen molar-refractivity contribution >= 4 is 16.2 Å². The van der Waals surface area contributed by atoms with E-state index in [0.29, 0.717) is 6.54 Å². The molecule has 0 saturated carbocycles. The molecule has 15 heavy (non-hydrogen) atoms. The van der Waals surface area contributed by atoms with Crippen molar-refractivity contribution < 1.29 is 31.5 Å². The minimum atomic E-state index is -5.08. The number of carbonyl (C=O) groups is 1. The molecule has 0 aliphatic carbocycles. The van der Waals surface area contributed by atoms with Crippen LogP contribution in [0.3, 0.4) is 0 Å². The Hall–Kier alpha value is -0.870. The number of alkyl halides is 3. The number of carboxylic acids is 1. The van der Waals surface area contributed by atoms with Crippen LogP contribution in [0.1, 0.15) is 13.3 Å². The van der Waals surface area contributed by atoms with E-state index in [4.69, 9.17) is 9.90 Å². The van der Waals surface area contributed by atoms with Crippen LogP contribution in [0.25, 0.3) is 0 Å². The lowest BCUT2D eigenvalue weighted by atomic mass is 10.5. The third kappa shape index (κ3) is 15.9. The van der Waals surface area contributed by atoms with E-state index >= 15 is 0 Å². The first-order valence-electron chi connectivity index (χ1n) is 3.58. The Morgan fingerprint density at radius 3 is 1.87 bits per heavy atom. The Bertz CT molecular complexity index is 287. The molecule has 10 heteroatoms. The van der Waals surface area contributed by atoms with Crippen LogP contribution in [0.15, 0.2) is 0 Å². The van der Waals surface area contributed by atoms with Gasteiger partial charge in [0.15, 0.2) is 0 Å². The monoisotopic (exact) mass is 252 g/mol. The van der Waals surface area contributed by atoms with E-state index in [1.165, 1.54) is 0 Å². The zero-order chi connectivity index (χ0) is 12.7. The lowest BCUT2D eigenvalue weighted by molar-refractivity contribution is -0.192. The third-order valence-corrected chi connectivity index (χ3v) is 1.40. The third-order valence-electron chi connectivity index (χ3n) is 0.796. The zero-order valence-corrected chi connectivity index (χ0v) is 8.52. The van der Waals surface area contributed by atoms with Gasteiger partial charge in [0.25, 0.3) is 10.2 Å². The van der Waals surface area contributed by atoms with Gasteiger partial charge in [-0.15, -0.1) is 0 Å². The van der Waals surface area contributed by atoms with E-state index in [2.05, 4.69) is 9.86 Å². The number of hydrogen-bond donors (Lipinski definition) is 3. The highest BCUT2D eigenvalue weighted by atomic mass is 32.2. The molecule has 0 aliphatic heterocycles. The second-order valence-corrected chi connectivity index (χ2v) is 3.62. The Kier molecular flexibility index (Phi) is 7.27. The summed E-state index contributed by atoms with van der Waals surface area (Å²) in [5.74, 6) is -2.76. The number of nitrogens with two attached hydrogens (primary N) is 1. The average Bonchev–Trinajstić information content (AvgIpc) is 1.98. The van der Waals surface area contributed by atoms with Crippen LogP contribution in [0.2, 0.25) is 0 Å². The van der Waals surface area contributed by atoms with Gasteiger partial charge < -0.3 is 5.11 Å². The van der Waals surface area contributed by atoms with Crippen LogP contribution in [0, 0.1) is 0 Å². The topological polar surface area (TPSA) is 109 Å². The molecule has 0 atom stereocenters. The van der Waals surface area contributed by atoms with Crippen molar-refractivity contribution in [1.82, 2.24) is 4.72 Å². The zero-order valence-electron chi connectivity index (χ0n) is 7.71. The first-order valence-corrected chi connectivity index (χ1v) is 5.12. The van der Waals surface area contributed by atoms with Gasteiger partial charge in [0.2, 0.25) is 0 Å². The van der Waals surface area contributed by atoms with Crippen LogP contribution < -0.4 is 9.86 Å². The summed E-state index contributed by atoms with van der Waals surface area (Å²) in [4.78, 5) is 8.90. The first-order chi connectivity index (χ1) is 6.50. The van der Waals surface area contributed by atoms with E-state index in [1.807, 2.05) is 6.92 Å². The van der Waals surface area contributed by atoms with Gasteiger partial charge in [-0.2, -0.15) is 21.6 Å². The van der Waals surface area contributed by atoms with Crippen molar-refractivity contribution in [3.63, 3.8) is 0 Å². The molecule has 0 heterocycles. The van der Waals surface area contributed by atoms with Crippen LogP contribution in [-0.2, 0) is 15.0 Å². The SMILES string of the molecule is CCCNS(N)(=O)=O.O=C(O)C(F)(F)F. The molecule has 0 bridgehead atoms. The maximum Gasteiger partial charge on any atom is 0.490 e. The summed E-state index contributed by atoms with van der Waals surface area (Å²) in [6, 6.07) is 0. The molecule has 0 fully saturated rings. The molecule has 0 saturated heterocycles. The number of carboxylic acid groups (broad SMARTS) is 1. The lowest BCUT2D eigenvalue weighted by Crippen LogP contribution is -2.31. The van der Waals surface area contributed by atoms with E-state index in [1.54, 1.807) is 0 Å². The molecule has 0 aromatic heterocycles. The van der Waals surface area contributed by atoms with Gasteiger partial charge in [-0.3, -0.25) is 0 Å². The molecule has 0 unspecified atom stereocenters. The Labute approximate surface area is 84.4 Å². The summed E-state index contributed by atoms with van der Waals surface area (Å²) in [7, 11) is -3.44. The molecule has 0 aromatic rings. The van der Waals surface area contributed by atoms with E-state index in [-0.39, 0.29) is 0 Å². The fourth-order valence-corrected chi connectivity index (χ4v) is 0.733. The molecule has 0 aliphatic rings. The quantitative estimate of drug-likeness (QED) is 0.647. The minimum Gasteiger partial charge on any atom is -0.475 e. The molecular formula is C5H11F3N2O4S. The highest BCUT2D eigenvalue weighted by Gasteiger charge is 2.38. The van der Waals surface area contributed by atoms with Crippen LogP contribution in [0.5, 0.6) is 0 Å². The number of aliphatic carboxylic acids is 1. The van der Waals surface area contributed by atoms with Gasteiger partial charge in [-0.1, -0.05) is 6.92 Å². The van der Waals surface area contributed by atoms with Gasteiger partial charge in [-0.05, 0) is 6.42 Å². The summed E-state index contributed by atoms with van der Waals surface area (Å²) in [5.41, 5.74) is 0. The van der Waals surface area contributed by atoms with Crippen molar-refractivity contribution in [2.75, 3.05) is 6.54 Å². The molecule has 6 nitrogen and oxygen atoms in total. The average molecular weight is 252 g/mol. The summed E-state index contributed by atoms with van der Waals surface area (Å²) in [5, 5.41) is 11.7. The molecule has 0 amide bonds. The second kappa shape index (κ2) is 6.58. The molecule has 0 aromatic carbocycles. The van der Waals surface area contributed by atoms with Gasteiger partial charge in [-0.25, -0.2) is 14.7 Å². The van der Waals surface area contributed by atoms with Crippen LogP contribution in [0.4, 0.5) is 13.2 Å². The van der Waals surface area contributed by atoms with Crippen LogP contribution >= 0.6 is 0 Å². The highest BCUT2D eigenvalue weighted by molar-refractivity contribution is 7.87. The van der Waals surface area contributed by atoms with Gasteiger partial charge in [0, 0.05) is 6.54 Å². The number of hydrogen-bond acceptors (Lipinski definition) is 3. The van der Waals surface area contributed by atoms with Crippen molar-refractivity contribution in [1.29, 1.82) is 0 Å². The summed E-state index contributed by atoms with van der Waals surface area (Å²) < 4.78 is 54.0. The Balaban J connectivity index is 0. The van der Waals surface area contributed by atoms with Crippen molar-refractivity contribution in [3.8, 4) is 0 Å². The first kappa shape index (κ1) is 16.6. The van der Waals surface area contributed by atoms with Crippen LogP contribution in [-0.4, -0.2) is 32.2 Å². The predicted octanol–water partition coefficient (Wildman–Crippen LogP) is -0.177. The van der Waals surface area contributed by atoms with Crippen molar-refractivity contribution in [3.05, 3.63) is 0 Å². The fourth-order valence-electron chi connectivity index (χ4n) is 0.244. The maximum atomic E-state index is 10.6. The standard InChI is InChI=1S/C3H10N2O2S.C2HF3O2/c1-2-3-5-8(4,6)7;3-2(4,5)1(6)7/h5H,2-3H2,1H3,(H2,4,6,7);(H,6,7). The van der Waals surface area contributed by atoms with E-state index < -0.39 is 22.4 Å². The molecule has 4 N–H and O–H groups in total. The summed E-state index contributed by atoms with van der Waals surface area (Å²) in [6.07, 6.45) is -4.32.